The first kappa shape index (κ1) is 25.7. The van der Waals surface area contributed by atoms with E-state index in [1.807, 2.05) is 40.7 Å². The number of carbonyl (C=O) groups excluding carboxylic acids is 1. The number of carbonyl (C=O) groups is 1. The summed E-state index contributed by atoms with van der Waals surface area (Å²) < 4.78 is 11.5. The van der Waals surface area contributed by atoms with Crippen molar-refractivity contribution in [3.8, 4) is 40.2 Å². The molecule has 2 aromatic rings. The van der Waals surface area contributed by atoms with Gasteiger partial charge in [0.1, 0.15) is 17.1 Å². The molecule has 0 fully saturated rings. The van der Waals surface area contributed by atoms with Crippen LogP contribution in [0.4, 0.5) is 0 Å². The summed E-state index contributed by atoms with van der Waals surface area (Å²) in [5, 5.41) is 41.8. The Morgan fingerprint density at radius 3 is 2.09 bits per heavy atom. The van der Waals surface area contributed by atoms with Gasteiger partial charge in [-0.15, -0.1) is 0 Å². The van der Waals surface area contributed by atoms with E-state index in [0.717, 1.165) is 36.1 Å². The Hall–Kier alpha value is -3.87. The minimum absolute atomic E-state index is 0.0138. The second-order valence-corrected chi connectivity index (χ2v) is 9.20. The number of aromatic hydroxyl groups is 4. The molecule has 0 saturated carbocycles. The third-order valence-electron chi connectivity index (χ3n) is 5.71. The van der Waals surface area contributed by atoms with Gasteiger partial charge in [0.25, 0.3) is 0 Å². The molecule has 3 rings (SSSR count). The fourth-order valence-corrected chi connectivity index (χ4v) is 3.75. The quantitative estimate of drug-likeness (QED) is 0.153. The van der Waals surface area contributed by atoms with Gasteiger partial charge in [0, 0.05) is 23.3 Å². The van der Waals surface area contributed by atoms with Crippen molar-refractivity contribution in [2.24, 2.45) is 0 Å². The fraction of sp³-hybridized carbons (Fsp3) is 0.321. The van der Waals surface area contributed by atoms with Crippen LogP contribution in [0.3, 0.4) is 0 Å². The van der Waals surface area contributed by atoms with E-state index >= 15 is 0 Å². The molecule has 1 aliphatic rings. The van der Waals surface area contributed by atoms with E-state index in [9.17, 15) is 25.2 Å². The van der Waals surface area contributed by atoms with E-state index in [1.165, 1.54) is 5.57 Å². The monoisotopic (exact) mass is 480 g/mol. The molecule has 35 heavy (non-hydrogen) atoms. The highest BCUT2D eigenvalue weighted by Gasteiger charge is 2.33. The molecule has 0 saturated heterocycles. The molecule has 0 spiro atoms. The van der Waals surface area contributed by atoms with Crippen LogP contribution in [0.5, 0.6) is 40.2 Å². The van der Waals surface area contributed by atoms with Gasteiger partial charge in [0.05, 0.1) is 0 Å². The molecule has 0 aromatic heterocycles. The van der Waals surface area contributed by atoms with Gasteiger partial charge in [-0.05, 0) is 60.3 Å². The fourth-order valence-electron chi connectivity index (χ4n) is 3.75. The van der Waals surface area contributed by atoms with E-state index in [2.05, 4.69) is 6.08 Å². The van der Waals surface area contributed by atoms with E-state index in [4.69, 9.17) is 9.47 Å². The van der Waals surface area contributed by atoms with Crippen LogP contribution in [0.25, 0.3) is 0 Å². The summed E-state index contributed by atoms with van der Waals surface area (Å²) in [6.45, 7) is 9.81. The van der Waals surface area contributed by atoms with Crippen molar-refractivity contribution in [1.82, 2.24) is 0 Å². The van der Waals surface area contributed by atoms with Crippen molar-refractivity contribution in [1.29, 1.82) is 0 Å². The third-order valence-corrected chi connectivity index (χ3v) is 5.71. The van der Waals surface area contributed by atoms with Crippen LogP contribution < -0.4 is 9.47 Å². The highest BCUT2D eigenvalue weighted by molar-refractivity contribution is 5.99. The molecule has 0 unspecified atom stereocenters. The molecule has 2 aromatic carbocycles. The van der Waals surface area contributed by atoms with Gasteiger partial charge in [-0.2, -0.15) is 0 Å². The predicted molar refractivity (Wildman–Crippen MR) is 134 cm³/mol. The summed E-state index contributed by atoms with van der Waals surface area (Å²) >= 11 is 0. The Kier molecular flexibility index (Phi) is 7.79. The topological polar surface area (TPSA) is 116 Å². The lowest BCUT2D eigenvalue weighted by Gasteiger charge is -2.15. The van der Waals surface area contributed by atoms with Crippen molar-refractivity contribution in [2.75, 3.05) is 0 Å². The summed E-state index contributed by atoms with van der Waals surface area (Å²) in [7, 11) is 0. The summed E-state index contributed by atoms with van der Waals surface area (Å²) in [5.74, 6) is -2.63. The second-order valence-electron chi connectivity index (χ2n) is 9.20. The Morgan fingerprint density at radius 2 is 1.43 bits per heavy atom. The molecule has 1 aliphatic heterocycles. The number of benzene rings is 2. The molecule has 0 bridgehead atoms. The van der Waals surface area contributed by atoms with Gasteiger partial charge in [0.2, 0.25) is 0 Å². The summed E-state index contributed by atoms with van der Waals surface area (Å²) in [6.07, 6.45) is 8.02. The number of hydrogen-bond acceptors (Lipinski definition) is 7. The molecule has 0 amide bonds. The van der Waals surface area contributed by atoms with Crippen molar-refractivity contribution in [2.45, 2.75) is 60.3 Å². The minimum Gasteiger partial charge on any atom is -0.507 e. The lowest BCUT2D eigenvalue weighted by Crippen LogP contribution is -2.09. The number of hydrogen-bond donors (Lipinski definition) is 4. The van der Waals surface area contributed by atoms with Crippen LogP contribution in [0.15, 0.2) is 47.1 Å². The number of phenols is 4. The molecule has 0 aliphatic carbocycles. The second kappa shape index (κ2) is 10.6. The molecular formula is C28H32O7. The molecular weight excluding hydrogens is 448 g/mol. The Bertz CT molecular complexity index is 1240. The SMILES string of the molecule is CC(C)=CCC/C(C)=C/Cc1c(O)cc(O)c2c1Oc1cc(O)c(O)c(CC=C(C)C)c1OC2=O. The third kappa shape index (κ3) is 5.80. The highest BCUT2D eigenvalue weighted by atomic mass is 16.6. The first-order valence-electron chi connectivity index (χ1n) is 11.5. The number of ether oxygens (including phenoxy) is 2. The lowest BCUT2D eigenvalue weighted by molar-refractivity contribution is 0.0732. The van der Waals surface area contributed by atoms with Crippen molar-refractivity contribution in [3.63, 3.8) is 0 Å². The first-order valence-corrected chi connectivity index (χ1v) is 11.5. The number of rotatable bonds is 7. The van der Waals surface area contributed by atoms with Crippen molar-refractivity contribution >= 4 is 5.97 Å². The smallest absolute Gasteiger partial charge is 0.351 e. The van der Waals surface area contributed by atoms with Crippen LogP contribution in [-0.2, 0) is 12.8 Å². The van der Waals surface area contributed by atoms with Crippen LogP contribution in [0.2, 0.25) is 0 Å². The van der Waals surface area contributed by atoms with Crippen LogP contribution in [-0.4, -0.2) is 26.4 Å². The lowest BCUT2D eigenvalue weighted by atomic mass is 10.0. The molecule has 4 N–H and O–H groups in total. The standard InChI is InChI=1S/C28H32O7/c1-15(2)7-6-8-17(5)10-12-18-20(29)13-21(30)24-27(18)34-23-14-22(31)25(32)19(11-9-16(3)4)26(23)35-28(24)33/h7,9-10,13-14,29-32H,6,8,11-12H2,1-5H3/b17-10+. The summed E-state index contributed by atoms with van der Waals surface area (Å²) in [5.41, 5.74) is 3.51. The van der Waals surface area contributed by atoms with Crippen molar-refractivity contribution < 1.29 is 34.7 Å². The van der Waals surface area contributed by atoms with Gasteiger partial charge >= 0.3 is 5.97 Å². The molecule has 1 heterocycles. The zero-order valence-corrected chi connectivity index (χ0v) is 20.7. The van der Waals surface area contributed by atoms with Gasteiger partial charge in [-0.25, -0.2) is 4.79 Å². The van der Waals surface area contributed by atoms with E-state index < -0.39 is 23.2 Å². The van der Waals surface area contributed by atoms with Gasteiger partial charge in [-0.3, -0.25) is 0 Å². The maximum atomic E-state index is 13.1. The summed E-state index contributed by atoms with van der Waals surface area (Å²) in [6, 6.07) is 2.23. The van der Waals surface area contributed by atoms with Crippen LogP contribution >= 0.6 is 0 Å². The van der Waals surface area contributed by atoms with Gasteiger partial charge < -0.3 is 29.9 Å². The predicted octanol–water partition coefficient (Wildman–Crippen LogP) is 6.58. The zero-order chi connectivity index (χ0) is 25.9. The molecule has 0 atom stereocenters. The Labute approximate surface area is 205 Å². The number of esters is 1. The van der Waals surface area contributed by atoms with E-state index in [1.54, 1.807) is 6.08 Å². The average molecular weight is 481 g/mol. The number of phenolic OH excluding ortho intramolecular Hbond substituents is 4. The zero-order valence-electron chi connectivity index (χ0n) is 20.7. The Morgan fingerprint density at radius 1 is 0.771 bits per heavy atom. The van der Waals surface area contributed by atoms with E-state index in [-0.39, 0.29) is 47.0 Å². The van der Waals surface area contributed by atoms with Gasteiger partial charge in [0.15, 0.2) is 28.7 Å². The van der Waals surface area contributed by atoms with Crippen LogP contribution in [0.1, 0.15) is 68.9 Å². The Balaban J connectivity index is 2.09. The number of allylic oxidation sites excluding steroid dienone is 6. The largest absolute Gasteiger partial charge is 0.507 e. The normalized spacial score (nSPS) is 12.6. The molecule has 0 radical (unpaired) electrons. The van der Waals surface area contributed by atoms with Gasteiger partial charge in [-0.1, -0.05) is 34.9 Å². The maximum absolute atomic E-state index is 13.1. The number of fused-ring (bicyclic) bond motifs is 2. The first-order chi connectivity index (χ1) is 16.5. The minimum atomic E-state index is -0.898. The molecule has 7 nitrogen and oxygen atoms in total. The van der Waals surface area contributed by atoms with Crippen molar-refractivity contribution in [3.05, 3.63) is 63.8 Å². The summed E-state index contributed by atoms with van der Waals surface area (Å²) in [4.78, 5) is 13.1. The highest BCUT2D eigenvalue weighted by Crippen LogP contribution is 2.51. The molecule has 7 heteroatoms. The van der Waals surface area contributed by atoms with E-state index in [0.29, 0.717) is 5.56 Å². The van der Waals surface area contributed by atoms with Crippen LogP contribution in [0, 0.1) is 0 Å². The maximum Gasteiger partial charge on any atom is 0.351 e. The average Bonchev–Trinajstić information content (AvgIpc) is 2.89. The molecule has 186 valence electrons.